The second-order valence-corrected chi connectivity index (χ2v) is 5.65. The summed E-state index contributed by atoms with van der Waals surface area (Å²) < 4.78 is 29.3. The Kier molecular flexibility index (Phi) is 7.51. The molecule has 7 nitrogen and oxygen atoms in total. The van der Waals surface area contributed by atoms with Gasteiger partial charge in [-0.2, -0.15) is 0 Å². The molecule has 114 valence electrons. The molecule has 1 aromatic carbocycles. The van der Waals surface area contributed by atoms with Crippen LogP contribution in [-0.2, 0) is 19.6 Å². The Labute approximate surface area is 124 Å². The van der Waals surface area contributed by atoms with Crippen LogP contribution in [-0.4, -0.2) is 40.3 Å². The van der Waals surface area contributed by atoms with Crippen molar-refractivity contribution in [1.82, 2.24) is 0 Å². The molecule has 0 bridgehead atoms. The number of sulfonamides is 1. The summed E-state index contributed by atoms with van der Waals surface area (Å²) in [6.45, 7) is 0.0794. The van der Waals surface area contributed by atoms with E-state index < -0.39 is 16.1 Å². The van der Waals surface area contributed by atoms with Crippen LogP contribution in [0.3, 0.4) is 0 Å². The van der Waals surface area contributed by atoms with Crippen molar-refractivity contribution in [3.05, 3.63) is 24.3 Å². The smallest absolute Gasteiger partial charge is 0.254 e. The van der Waals surface area contributed by atoms with Gasteiger partial charge in [0.1, 0.15) is 6.10 Å². The number of methoxy groups -OCH3 is 1. The van der Waals surface area contributed by atoms with Gasteiger partial charge in [0, 0.05) is 25.0 Å². The average molecular weight is 324 g/mol. The molecule has 1 unspecified atom stereocenters. The van der Waals surface area contributed by atoms with Crippen molar-refractivity contribution < 1.29 is 17.9 Å². The fraction of sp³-hybridized carbons (Fsp3) is 0.364. The van der Waals surface area contributed by atoms with Crippen LogP contribution in [0.15, 0.2) is 24.3 Å². The number of anilines is 2. The third kappa shape index (κ3) is 6.20. The molecule has 0 aromatic heterocycles. The number of rotatable bonds is 6. The normalized spacial score (nSPS) is 12.2. The molecule has 0 spiro atoms. The summed E-state index contributed by atoms with van der Waals surface area (Å²) in [5.41, 5.74) is 6.32. The zero-order chi connectivity index (χ0) is 14.5. The van der Waals surface area contributed by atoms with Gasteiger partial charge in [0.15, 0.2) is 0 Å². The van der Waals surface area contributed by atoms with Crippen molar-refractivity contribution in [2.75, 3.05) is 29.9 Å². The third-order valence-electron chi connectivity index (χ3n) is 2.25. The van der Waals surface area contributed by atoms with E-state index in [4.69, 9.17) is 10.5 Å². The highest BCUT2D eigenvalue weighted by Gasteiger charge is 2.15. The van der Waals surface area contributed by atoms with E-state index in [2.05, 4.69) is 10.0 Å². The summed E-state index contributed by atoms with van der Waals surface area (Å²) in [7, 11) is -1.91. The van der Waals surface area contributed by atoms with Gasteiger partial charge in [0.05, 0.1) is 6.26 Å². The molecule has 1 rings (SSSR count). The number of carbonyl (C=O) groups is 1. The molecule has 0 saturated heterocycles. The fourth-order valence-electron chi connectivity index (χ4n) is 1.37. The van der Waals surface area contributed by atoms with Crippen molar-refractivity contribution in [2.45, 2.75) is 6.10 Å². The van der Waals surface area contributed by atoms with Gasteiger partial charge in [-0.1, -0.05) is 0 Å². The molecule has 0 radical (unpaired) electrons. The van der Waals surface area contributed by atoms with Gasteiger partial charge in [-0.3, -0.25) is 9.52 Å². The Morgan fingerprint density at radius 2 is 1.80 bits per heavy atom. The van der Waals surface area contributed by atoms with Gasteiger partial charge in [-0.25, -0.2) is 8.42 Å². The molecular formula is C11H18ClN3O4S. The van der Waals surface area contributed by atoms with Gasteiger partial charge >= 0.3 is 0 Å². The first-order chi connectivity index (χ1) is 8.85. The van der Waals surface area contributed by atoms with Crippen LogP contribution in [0, 0.1) is 0 Å². The second-order valence-electron chi connectivity index (χ2n) is 3.90. The topological polar surface area (TPSA) is 111 Å². The summed E-state index contributed by atoms with van der Waals surface area (Å²) in [5, 5.41) is 2.61. The van der Waals surface area contributed by atoms with Gasteiger partial charge in [-0.05, 0) is 24.3 Å². The van der Waals surface area contributed by atoms with Crippen LogP contribution in [0.1, 0.15) is 0 Å². The first-order valence-electron chi connectivity index (χ1n) is 5.47. The number of nitrogens with one attached hydrogen (secondary N) is 2. The van der Waals surface area contributed by atoms with Gasteiger partial charge in [0.25, 0.3) is 5.91 Å². The number of amides is 1. The van der Waals surface area contributed by atoms with Crippen molar-refractivity contribution in [2.24, 2.45) is 5.73 Å². The van der Waals surface area contributed by atoms with Gasteiger partial charge < -0.3 is 15.8 Å². The molecule has 9 heteroatoms. The Balaban J connectivity index is 0.00000361. The summed E-state index contributed by atoms with van der Waals surface area (Å²) in [6.07, 6.45) is 0.349. The largest absolute Gasteiger partial charge is 0.370 e. The quantitative estimate of drug-likeness (QED) is 0.701. The SMILES string of the molecule is COC(CN)C(=O)Nc1ccc(NS(C)(=O)=O)cc1.Cl. The van der Waals surface area contributed by atoms with E-state index in [1.807, 2.05) is 0 Å². The molecular weight excluding hydrogens is 306 g/mol. The predicted octanol–water partition coefficient (Wildman–Crippen LogP) is 0.392. The van der Waals surface area contributed by atoms with Crippen LogP contribution in [0.2, 0.25) is 0 Å². The number of carbonyl (C=O) groups excluding carboxylic acids is 1. The zero-order valence-corrected chi connectivity index (χ0v) is 12.8. The maximum Gasteiger partial charge on any atom is 0.254 e. The molecule has 0 saturated carbocycles. The van der Waals surface area contributed by atoms with Crippen LogP contribution in [0.5, 0.6) is 0 Å². The minimum absolute atomic E-state index is 0. The highest BCUT2D eigenvalue weighted by atomic mass is 35.5. The first kappa shape index (κ1) is 18.7. The van der Waals surface area contributed by atoms with Crippen LogP contribution >= 0.6 is 12.4 Å². The van der Waals surface area contributed by atoms with E-state index in [1.165, 1.54) is 7.11 Å². The van der Waals surface area contributed by atoms with E-state index in [9.17, 15) is 13.2 Å². The average Bonchev–Trinajstić information content (AvgIpc) is 2.31. The number of hydrogen-bond donors (Lipinski definition) is 3. The maximum absolute atomic E-state index is 11.7. The molecule has 1 amide bonds. The molecule has 0 aliphatic heterocycles. The summed E-state index contributed by atoms with van der Waals surface area (Å²) in [6, 6.07) is 6.24. The highest BCUT2D eigenvalue weighted by Crippen LogP contribution is 2.14. The van der Waals surface area contributed by atoms with E-state index in [0.29, 0.717) is 11.4 Å². The number of benzene rings is 1. The molecule has 0 aliphatic rings. The van der Waals surface area contributed by atoms with Crippen LogP contribution < -0.4 is 15.8 Å². The molecule has 0 aliphatic carbocycles. The van der Waals surface area contributed by atoms with E-state index in [0.717, 1.165) is 6.26 Å². The second kappa shape index (κ2) is 8.05. The lowest BCUT2D eigenvalue weighted by atomic mass is 10.2. The lowest BCUT2D eigenvalue weighted by molar-refractivity contribution is -0.125. The molecule has 0 heterocycles. The number of hydrogen-bond acceptors (Lipinski definition) is 5. The Morgan fingerprint density at radius 1 is 1.30 bits per heavy atom. The van der Waals surface area contributed by atoms with E-state index in [1.54, 1.807) is 24.3 Å². The lowest BCUT2D eigenvalue weighted by Gasteiger charge is -2.13. The van der Waals surface area contributed by atoms with Crippen molar-refractivity contribution in [3.63, 3.8) is 0 Å². The summed E-state index contributed by atoms with van der Waals surface area (Å²) in [4.78, 5) is 11.7. The Bertz CT molecular complexity index is 529. The van der Waals surface area contributed by atoms with Gasteiger partial charge in [-0.15, -0.1) is 12.4 Å². The standard InChI is InChI=1S/C11H17N3O4S.ClH/c1-18-10(7-12)11(15)13-8-3-5-9(6-4-8)14-19(2,16)17;/h3-6,10,14H,7,12H2,1-2H3,(H,13,15);1H. The minimum Gasteiger partial charge on any atom is -0.370 e. The molecule has 1 atom stereocenters. The van der Waals surface area contributed by atoms with Crippen molar-refractivity contribution in [3.8, 4) is 0 Å². The Morgan fingerprint density at radius 3 is 2.20 bits per heavy atom. The Hall–Kier alpha value is -1.35. The summed E-state index contributed by atoms with van der Waals surface area (Å²) >= 11 is 0. The number of ether oxygens (including phenoxy) is 1. The first-order valence-corrected chi connectivity index (χ1v) is 7.36. The predicted molar refractivity (Wildman–Crippen MR) is 80.6 cm³/mol. The van der Waals surface area contributed by atoms with Crippen molar-refractivity contribution >= 4 is 39.7 Å². The van der Waals surface area contributed by atoms with Crippen LogP contribution in [0.4, 0.5) is 11.4 Å². The van der Waals surface area contributed by atoms with Crippen LogP contribution in [0.25, 0.3) is 0 Å². The summed E-state index contributed by atoms with van der Waals surface area (Å²) in [5.74, 6) is -0.353. The van der Waals surface area contributed by atoms with Crippen molar-refractivity contribution in [1.29, 1.82) is 0 Å². The lowest BCUT2D eigenvalue weighted by Crippen LogP contribution is -2.35. The minimum atomic E-state index is -3.31. The number of halogens is 1. The van der Waals surface area contributed by atoms with E-state index in [-0.39, 0.29) is 24.9 Å². The molecule has 20 heavy (non-hydrogen) atoms. The third-order valence-corrected chi connectivity index (χ3v) is 2.85. The fourth-order valence-corrected chi connectivity index (χ4v) is 1.93. The van der Waals surface area contributed by atoms with Gasteiger partial charge in [0.2, 0.25) is 10.0 Å². The maximum atomic E-state index is 11.7. The molecule has 0 fully saturated rings. The highest BCUT2D eigenvalue weighted by molar-refractivity contribution is 7.92. The molecule has 1 aromatic rings. The van der Waals surface area contributed by atoms with E-state index >= 15 is 0 Å². The zero-order valence-electron chi connectivity index (χ0n) is 11.1. The molecule has 4 N–H and O–H groups in total. The monoisotopic (exact) mass is 323 g/mol. The number of nitrogens with two attached hydrogens (primary N) is 1.